The molecule has 0 aliphatic carbocycles. The first kappa shape index (κ1) is 14.8. The first-order valence-electron chi connectivity index (χ1n) is 5.77. The number of hydrogen-bond acceptors (Lipinski definition) is 2. The van der Waals surface area contributed by atoms with Crippen LogP contribution in [0.25, 0.3) is 0 Å². The number of rotatable bonds is 4. The van der Waals surface area contributed by atoms with Crippen molar-refractivity contribution in [3.05, 3.63) is 58.6 Å². The second-order valence-electron chi connectivity index (χ2n) is 4.00. The summed E-state index contributed by atoms with van der Waals surface area (Å²) in [5.41, 5.74) is 2.36. The van der Waals surface area contributed by atoms with E-state index in [1.165, 1.54) is 10.5 Å². The first-order chi connectivity index (χ1) is 9.17. The van der Waals surface area contributed by atoms with E-state index in [-0.39, 0.29) is 4.83 Å². The Balaban J connectivity index is 2.38. The second-order valence-corrected chi connectivity index (χ2v) is 6.17. The Morgan fingerprint density at radius 2 is 1.95 bits per heavy atom. The lowest BCUT2D eigenvalue weighted by Crippen LogP contribution is -1.95. The zero-order chi connectivity index (χ0) is 13.8. The number of hydrogen-bond donors (Lipinski definition) is 0. The summed E-state index contributed by atoms with van der Waals surface area (Å²) in [7, 11) is 1.62. The minimum Gasteiger partial charge on any atom is -0.495 e. The molecular weight excluding hydrogens is 344 g/mol. The van der Waals surface area contributed by atoms with Crippen molar-refractivity contribution in [2.75, 3.05) is 13.4 Å². The Bertz CT molecular complexity index is 574. The lowest BCUT2D eigenvalue weighted by molar-refractivity contribution is 0.415. The Kier molecular flexibility index (Phi) is 5.20. The van der Waals surface area contributed by atoms with Gasteiger partial charge >= 0.3 is 0 Å². The van der Waals surface area contributed by atoms with Gasteiger partial charge in [0.1, 0.15) is 5.75 Å². The van der Waals surface area contributed by atoms with Crippen molar-refractivity contribution in [1.29, 1.82) is 0 Å². The van der Waals surface area contributed by atoms with Gasteiger partial charge in [-0.15, -0.1) is 11.8 Å². The average molecular weight is 358 g/mol. The Labute approximate surface area is 131 Å². The van der Waals surface area contributed by atoms with Crippen molar-refractivity contribution in [3.63, 3.8) is 0 Å². The summed E-state index contributed by atoms with van der Waals surface area (Å²) >= 11 is 11.7. The van der Waals surface area contributed by atoms with Crippen molar-refractivity contribution in [2.45, 2.75) is 9.72 Å². The largest absolute Gasteiger partial charge is 0.495 e. The fraction of sp³-hybridized carbons (Fsp3) is 0.200. The summed E-state index contributed by atoms with van der Waals surface area (Å²) in [5, 5.41) is 0.631. The molecule has 4 heteroatoms. The van der Waals surface area contributed by atoms with Gasteiger partial charge in [-0.1, -0.05) is 51.8 Å². The minimum atomic E-state index is 0.125. The Hall–Kier alpha value is -0.640. The van der Waals surface area contributed by atoms with Crippen molar-refractivity contribution in [3.8, 4) is 5.75 Å². The van der Waals surface area contributed by atoms with Crippen LogP contribution in [0.3, 0.4) is 0 Å². The molecular formula is C15H14BrClOS. The van der Waals surface area contributed by atoms with Gasteiger partial charge in [0.15, 0.2) is 0 Å². The summed E-state index contributed by atoms with van der Waals surface area (Å²) in [5.74, 6) is 0.697. The third kappa shape index (κ3) is 3.28. The van der Waals surface area contributed by atoms with Crippen LogP contribution in [0.2, 0.25) is 5.02 Å². The number of benzene rings is 2. The van der Waals surface area contributed by atoms with Gasteiger partial charge in [-0.3, -0.25) is 0 Å². The molecule has 0 saturated heterocycles. The molecule has 0 spiro atoms. The lowest BCUT2D eigenvalue weighted by Gasteiger charge is -2.15. The molecule has 0 N–H and O–H groups in total. The quantitative estimate of drug-likeness (QED) is 0.523. The van der Waals surface area contributed by atoms with Gasteiger partial charge in [0, 0.05) is 4.90 Å². The molecule has 100 valence electrons. The smallest absolute Gasteiger partial charge is 0.137 e. The molecule has 2 aromatic carbocycles. The predicted octanol–water partition coefficient (Wildman–Crippen LogP) is 5.55. The fourth-order valence-corrected chi connectivity index (χ4v) is 3.63. The Morgan fingerprint density at radius 3 is 2.58 bits per heavy atom. The van der Waals surface area contributed by atoms with Crippen molar-refractivity contribution in [1.82, 2.24) is 0 Å². The predicted molar refractivity (Wildman–Crippen MR) is 87.0 cm³/mol. The molecule has 19 heavy (non-hydrogen) atoms. The molecule has 0 aromatic heterocycles. The van der Waals surface area contributed by atoms with Crippen LogP contribution in [0, 0.1) is 0 Å². The zero-order valence-corrected chi connectivity index (χ0v) is 13.8. The zero-order valence-electron chi connectivity index (χ0n) is 10.7. The molecule has 0 aliphatic heterocycles. The molecule has 2 rings (SSSR count). The highest BCUT2D eigenvalue weighted by molar-refractivity contribution is 9.09. The minimum absolute atomic E-state index is 0.125. The van der Waals surface area contributed by atoms with E-state index in [1.54, 1.807) is 18.9 Å². The van der Waals surface area contributed by atoms with Gasteiger partial charge in [-0.25, -0.2) is 0 Å². The molecule has 0 heterocycles. The number of ether oxygens (including phenoxy) is 1. The fourth-order valence-electron chi connectivity index (χ4n) is 1.90. The van der Waals surface area contributed by atoms with Gasteiger partial charge in [0.2, 0.25) is 0 Å². The topological polar surface area (TPSA) is 9.23 Å². The van der Waals surface area contributed by atoms with Crippen molar-refractivity contribution < 1.29 is 4.74 Å². The molecule has 0 bridgehead atoms. The highest BCUT2D eigenvalue weighted by atomic mass is 79.9. The van der Waals surface area contributed by atoms with Crippen LogP contribution in [0.1, 0.15) is 16.0 Å². The molecule has 0 saturated carbocycles. The summed E-state index contributed by atoms with van der Waals surface area (Å²) in [6, 6.07) is 14.2. The van der Waals surface area contributed by atoms with Crippen LogP contribution in [-0.4, -0.2) is 13.4 Å². The van der Waals surface area contributed by atoms with Crippen LogP contribution in [0.5, 0.6) is 5.75 Å². The van der Waals surface area contributed by atoms with E-state index in [1.807, 2.05) is 18.2 Å². The maximum absolute atomic E-state index is 6.18. The highest BCUT2D eigenvalue weighted by Crippen LogP contribution is 2.38. The summed E-state index contributed by atoms with van der Waals surface area (Å²) in [6.07, 6.45) is 2.08. The number of thioether (sulfide) groups is 1. The van der Waals surface area contributed by atoms with E-state index in [0.29, 0.717) is 10.8 Å². The van der Waals surface area contributed by atoms with Crippen LogP contribution in [0.15, 0.2) is 47.4 Å². The maximum Gasteiger partial charge on any atom is 0.137 e. The van der Waals surface area contributed by atoms with Crippen LogP contribution in [-0.2, 0) is 0 Å². The highest BCUT2D eigenvalue weighted by Gasteiger charge is 2.15. The third-order valence-corrected chi connectivity index (χ3v) is 5.01. The van der Waals surface area contributed by atoms with Gasteiger partial charge in [-0.2, -0.15) is 0 Å². The van der Waals surface area contributed by atoms with Gasteiger partial charge < -0.3 is 4.74 Å². The molecule has 2 aromatic rings. The SMILES string of the molecule is COc1ccc(C(Br)c2ccccc2SC)cc1Cl. The summed E-state index contributed by atoms with van der Waals surface area (Å²) < 4.78 is 5.18. The number of alkyl halides is 1. The monoisotopic (exact) mass is 356 g/mol. The van der Waals surface area contributed by atoms with E-state index < -0.39 is 0 Å². The van der Waals surface area contributed by atoms with Crippen LogP contribution < -0.4 is 4.74 Å². The van der Waals surface area contributed by atoms with Gasteiger partial charge in [-0.05, 0) is 35.6 Å². The van der Waals surface area contributed by atoms with Crippen LogP contribution >= 0.6 is 39.3 Å². The maximum atomic E-state index is 6.18. The average Bonchev–Trinajstić information content (AvgIpc) is 2.46. The summed E-state index contributed by atoms with van der Waals surface area (Å²) in [6.45, 7) is 0. The molecule has 0 radical (unpaired) electrons. The molecule has 0 amide bonds. The first-order valence-corrected chi connectivity index (χ1v) is 8.29. The molecule has 0 fully saturated rings. The second kappa shape index (κ2) is 6.69. The normalized spacial score (nSPS) is 12.2. The van der Waals surface area contributed by atoms with E-state index in [2.05, 4.69) is 46.5 Å². The van der Waals surface area contributed by atoms with Gasteiger partial charge in [0.05, 0.1) is 17.0 Å². The van der Waals surface area contributed by atoms with E-state index in [4.69, 9.17) is 16.3 Å². The molecule has 1 nitrogen and oxygen atoms in total. The molecule has 1 unspecified atom stereocenters. The third-order valence-electron chi connectivity index (χ3n) is 2.88. The molecule has 0 aliphatic rings. The van der Waals surface area contributed by atoms with E-state index in [9.17, 15) is 0 Å². The Morgan fingerprint density at radius 1 is 1.21 bits per heavy atom. The van der Waals surface area contributed by atoms with Crippen molar-refractivity contribution in [2.24, 2.45) is 0 Å². The number of methoxy groups -OCH3 is 1. The molecule has 1 atom stereocenters. The standard InChI is InChI=1S/C15H14BrClOS/c1-18-13-8-7-10(9-12(13)17)15(16)11-5-3-4-6-14(11)19-2/h3-9,15H,1-2H3. The summed E-state index contributed by atoms with van der Waals surface area (Å²) in [4.78, 5) is 1.39. The van der Waals surface area contributed by atoms with Gasteiger partial charge in [0.25, 0.3) is 0 Å². The lowest BCUT2D eigenvalue weighted by atomic mass is 10.0. The van der Waals surface area contributed by atoms with E-state index >= 15 is 0 Å². The van der Waals surface area contributed by atoms with Crippen molar-refractivity contribution >= 4 is 39.3 Å². The van der Waals surface area contributed by atoms with E-state index in [0.717, 1.165) is 5.56 Å². The van der Waals surface area contributed by atoms with Crippen LogP contribution in [0.4, 0.5) is 0 Å². The number of halogens is 2.